The zero-order chi connectivity index (χ0) is 13.2. The largest absolute Gasteiger partial charge is 0.314 e. The van der Waals surface area contributed by atoms with Crippen molar-refractivity contribution < 1.29 is 13.7 Å². The Morgan fingerprint density at radius 3 is 2.47 bits per heavy atom. The van der Waals surface area contributed by atoms with Crippen LogP contribution in [0.5, 0.6) is 0 Å². The zero-order valence-electron chi connectivity index (χ0n) is 9.88. The molecule has 4 nitrogen and oxygen atoms in total. The quantitative estimate of drug-likeness (QED) is 0.653. The van der Waals surface area contributed by atoms with Crippen LogP contribution in [0.2, 0.25) is 0 Å². The Bertz CT molecular complexity index is 447. The van der Waals surface area contributed by atoms with Gasteiger partial charge in [0.05, 0.1) is 4.92 Å². The lowest BCUT2D eigenvalue weighted by atomic mass is 9.94. The lowest BCUT2D eigenvalue weighted by molar-refractivity contribution is -0.387. The molecule has 0 aliphatic carbocycles. The van der Waals surface area contributed by atoms with E-state index < -0.39 is 27.8 Å². The molecular weight excluding hydrogens is 230 g/mol. The maximum absolute atomic E-state index is 13.7. The van der Waals surface area contributed by atoms with Crippen LogP contribution in [-0.4, -0.2) is 17.5 Å². The van der Waals surface area contributed by atoms with Crippen molar-refractivity contribution in [1.29, 1.82) is 0 Å². The van der Waals surface area contributed by atoms with Gasteiger partial charge < -0.3 is 5.32 Å². The Labute approximate surface area is 97.8 Å². The highest BCUT2D eigenvalue weighted by Crippen LogP contribution is 2.26. The third kappa shape index (κ3) is 2.97. The summed E-state index contributed by atoms with van der Waals surface area (Å²) >= 11 is 0. The molecule has 1 N–H and O–H groups in total. The molecule has 1 aromatic carbocycles. The third-order valence-corrected chi connectivity index (χ3v) is 2.66. The van der Waals surface area contributed by atoms with Gasteiger partial charge in [0.2, 0.25) is 5.82 Å². The Morgan fingerprint density at radius 2 is 2.00 bits per heavy atom. The Morgan fingerprint density at radius 1 is 1.41 bits per heavy atom. The summed E-state index contributed by atoms with van der Waals surface area (Å²) in [6.07, 6.45) is 0.0306. The highest BCUT2D eigenvalue weighted by Gasteiger charge is 2.26. The monoisotopic (exact) mass is 244 g/mol. The van der Waals surface area contributed by atoms with Gasteiger partial charge in [-0.3, -0.25) is 10.1 Å². The van der Waals surface area contributed by atoms with Crippen LogP contribution in [0.3, 0.4) is 0 Å². The van der Waals surface area contributed by atoms with E-state index in [-0.39, 0.29) is 12.0 Å². The second-order valence-electron chi connectivity index (χ2n) is 4.43. The van der Waals surface area contributed by atoms with Gasteiger partial charge in [0.1, 0.15) is 5.82 Å². The van der Waals surface area contributed by atoms with Gasteiger partial charge in [0.15, 0.2) is 0 Å². The molecule has 1 aromatic rings. The van der Waals surface area contributed by atoms with Crippen LogP contribution in [-0.2, 0) is 6.42 Å². The number of nitrogens with one attached hydrogen (secondary N) is 1. The number of nitro benzene ring substituents is 1. The van der Waals surface area contributed by atoms with Crippen molar-refractivity contribution in [3.63, 3.8) is 0 Å². The molecule has 0 bridgehead atoms. The molecule has 1 rings (SSSR count). The predicted octanol–water partition coefficient (Wildman–Crippen LogP) is 2.41. The fourth-order valence-corrected chi connectivity index (χ4v) is 1.42. The molecule has 0 radical (unpaired) electrons. The average Bonchev–Trinajstić information content (AvgIpc) is 2.23. The van der Waals surface area contributed by atoms with E-state index in [0.717, 1.165) is 12.1 Å². The van der Waals surface area contributed by atoms with Gasteiger partial charge in [-0.1, -0.05) is 0 Å². The lowest BCUT2D eigenvalue weighted by Crippen LogP contribution is -2.39. The highest BCUT2D eigenvalue weighted by atomic mass is 19.1. The first-order valence-corrected chi connectivity index (χ1v) is 5.08. The van der Waals surface area contributed by atoms with Crippen molar-refractivity contribution >= 4 is 5.69 Å². The molecule has 0 atom stereocenters. The van der Waals surface area contributed by atoms with Gasteiger partial charge in [-0.05, 0) is 33.4 Å². The molecule has 6 heteroatoms. The summed E-state index contributed by atoms with van der Waals surface area (Å²) in [6.45, 7) is 3.51. The molecule has 0 spiro atoms. The van der Waals surface area contributed by atoms with E-state index >= 15 is 0 Å². The first-order chi connectivity index (χ1) is 7.78. The van der Waals surface area contributed by atoms with Gasteiger partial charge in [-0.25, -0.2) is 4.39 Å². The molecule has 0 aromatic heterocycles. The van der Waals surface area contributed by atoms with Gasteiger partial charge >= 0.3 is 5.69 Å². The molecule has 0 fully saturated rings. The topological polar surface area (TPSA) is 55.2 Å². The van der Waals surface area contributed by atoms with E-state index in [1.54, 1.807) is 20.9 Å². The van der Waals surface area contributed by atoms with Crippen molar-refractivity contribution in [2.75, 3.05) is 7.05 Å². The fraction of sp³-hybridized carbons (Fsp3) is 0.455. The van der Waals surface area contributed by atoms with Crippen molar-refractivity contribution in [3.05, 3.63) is 39.4 Å². The van der Waals surface area contributed by atoms with Gasteiger partial charge in [-0.15, -0.1) is 0 Å². The molecule has 0 heterocycles. The minimum absolute atomic E-state index is 0.0306. The molecule has 0 unspecified atom stereocenters. The number of hydrogen-bond donors (Lipinski definition) is 1. The van der Waals surface area contributed by atoms with Gasteiger partial charge in [0, 0.05) is 17.2 Å². The lowest BCUT2D eigenvalue weighted by Gasteiger charge is -2.24. The first kappa shape index (κ1) is 13.5. The Balaban J connectivity index is 3.23. The highest BCUT2D eigenvalue weighted by molar-refractivity contribution is 5.38. The molecule has 0 aliphatic heterocycles. The second-order valence-corrected chi connectivity index (χ2v) is 4.43. The maximum Gasteiger partial charge on any atom is 0.305 e. The number of rotatable bonds is 4. The first-order valence-electron chi connectivity index (χ1n) is 5.08. The normalized spacial score (nSPS) is 11.6. The molecule has 0 saturated heterocycles. The fourth-order valence-electron chi connectivity index (χ4n) is 1.42. The van der Waals surface area contributed by atoms with E-state index in [1.165, 1.54) is 0 Å². The molecule has 17 heavy (non-hydrogen) atoms. The molecular formula is C11H14F2N2O2. The summed E-state index contributed by atoms with van der Waals surface area (Å²) in [5.74, 6) is -1.87. The number of nitrogens with zero attached hydrogens (tertiary/aromatic N) is 1. The molecule has 94 valence electrons. The smallest absolute Gasteiger partial charge is 0.305 e. The van der Waals surface area contributed by atoms with Crippen molar-refractivity contribution in [2.45, 2.75) is 25.8 Å². The second kappa shape index (κ2) is 4.75. The minimum atomic E-state index is -1.10. The van der Waals surface area contributed by atoms with Gasteiger partial charge in [0.25, 0.3) is 0 Å². The van der Waals surface area contributed by atoms with Crippen LogP contribution in [0.15, 0.2) is 12.1 Å². The number of halogens is 2. The summed E-state index contributed by atoms with van der Waals surface area (Å²) in [7, 11) is 1.66. The third-order valence-electron chi connectivity index (χ3n) is 2.66. The molecule has 0 saturated carbocycles. The summed E-state index contributed by atoms with van der Waals surface area (Å²) < 4.78 is 27.2. The van der Waals surface area contributed by atoms with Crippen molar-refractivity contribution in [2.24, 2.45) is 0 Å². The zero-order valence-corrected chi connectivity index (χ0v) is 9.88. The predicted molar refractivity (Wildman–Crippen MR) is 59.9 cm³/mol. The summed E-state index contributed by atoms with van der Waals surface area (Å²) in [4.78, 5) is 9.69. The standard InChI is InChI=1S/C11H14F2N2O2/c1-11(2,14-3)6-7-8(12)4-5-9(10(7)13)15(16)17/h4-5,14H,6H2,1-3H3. The van der Waals surface area contributed by atoms with Crippen LogP contribution in [0.4, 0.5) is 14.5 Å². The number of nitro groups is 1. The van der Waals surface area contributed by atoms with Crippen molar-refractivity contribution in [1.82, 2.24) is 5.32 Å². The number of likely N-dealkylation sites (N-methyl/N-ethyl adjacent to an activating group) is 1. The Hall–Kier alpha value is -1.56. The average molecular weight is 244 g/mol. The maximum atomic E-state index is 13.7. The van der Waals surface area contributed by atoms with Crippen LogP contribution in [0.25, 0.3) is 0 Å². The van der Waals surface area contributed by atoms with E-state index in [4.69, 9.17) is 0 Å². The van der Waals surface area contributed by atoms with Crippen LogP contribution in [0, 0.1) is 21.7 Å². The van der Waals surface area contributed by atoms with E-state index in [0.29, 0.717) is 0 Å². The van der Waals surface area contributed by atoms with E-state index in [1.807, 2.05) is 0 Å². The summed E-state index contributed by atoms with van der Waals surface area (Å²) in [6, 6.07) is 1.75. The Kier molecular flexibility index (Phi) is 3.77. The molecule has 0 aliphatic rings. The van der Waals surface area contributed by atoms with Crippen LogP contribution in [0.1, 0.15) is 19.4 Å². The minimum Gasteiger partial charge on any atom is -0.314 e. The van der Waals surface area contributed by atoms with Crippen LogP contribution < -0.4 is 5.32 Å². The van der Waals surface area contributed by atoms with E-state index in [9.17, 15) is 18.9 Å². The molecule has 0 amide bonds. The number of benzene rings is 1. The van der Waals surface area contributed by atoms with Gasteiger partial charge in [-0.2, -0.15) is 4.39 Å². The van der Waals surface area contributed by atoms with Crippen LogP contribution >= 0.6 is 0 Å². The van der Waals surface area contributed by atoms with E-state index in [2.05, 4.69) is 5.32 Å². The summed E-state index contributed by atoms with van der Waals surface area (Å²) in [5, 5.41) is 13.4. The number of hydrogen-bond acceptors (Lipinski definition) is 3. The summed E-state index contributed by atoms with van der Waals surface area (Å²) in [5.41, 5.74) is -1.51. The van der Waals surface area contributed by atoms with Crippen molar-refractivity contribution in [3.8, 4) is 0 Å². The SMILES string of the molecule is CNC(C)(C)Cc1c(F)ccc([N+](=O)[O-])c1F.